The third-order valence-corrected chi connectivity index (χ3v) is 3.28. The second-order valence-corrected chi connectivity index (χ2v) is 5.27. The Bertz CT molecular complexity index is 539. The molecule has 0 saturated heterocycles. The van der Waals surface area contributed by atoms with E-state index in [0.29, 0.717) is 10.9 Å². The number of carbonyl (C=O) groups excluding carboxylic acids is 1. The van der Waals surface area contributed by atoms with Gasteiger partial charge in [0.1, 0.15) is 6.33 Å². The molecule has 1 aromatic carbocycles. The molecular weight excluding hydrogens is 260 g/mol. The van der Waals surface area contributed by atoms with Gasteiger partial charge in [-0.15, -0.1) is 10.2 Å². The summed E-state index contributed by atoms with van der Waals surface area (Å²) in [5.74, 6) is 0.339. The van der Waals surface area contributed by atoms with Crippen LogP contribution in [0.2, 0.25) is 0 Å². The molecule has 0 aliphatic heterocycles. The Morgan fingerprint density at radius 3 is 2.79 bits per heavy atom. The van der Waals surface area contributed by atoms with Crippen molar-refractivity contribution in [3.8, 4) is 5.69 Å². The number of aromatic nitrogens is 3. The average molecular weight is 276 g/mol. The summed E-state index contributed by atoms with van der Waals surface area (Å²) in [4.78, 5) is 11.6. The lowest BCUT2D eigenvalue weighted by molar-refractivity contribution is -0.119. The molecule has 19 heavy (non-hydrogen) atoms. The predicted molar refractivity (Wildman–Crippen MR) is 75.4 cm³/mol. The highest BCUT2D eigenvalue weighted by Gasteiger charge is 2.10. The molecule has 1 aromatic heterocycles. The van der Waals surface area contributed by atoms with Crippen molar-refractivity contribution in [3.05, 3.63) is 36.7 Å². The summed E-state index contributed by atoms with van der Waals surface area (Å²) in [5, 5.41) is 11.5. The standard InChI is InChI=1S/C13H16N4OS/c1-10(2)15-12(18)8-19-13-16-14-9-17(13)11-6-4-3-5-7-11/h3-7,9-10H,8H2,1-2H3,(H,15,18). The highest BCUT2D eigenvalue weighted by molar-refractivity contribution is 7.99. The van der Waals surface area contributed by atoms with Crippen LogP contribution in [0, 0.1) is 0 Å². The number of amides is 1. The number of rotatable bonds is 5. The zero-order valence-corrected chi connectivity index (χ0v) is 11.7. The maximum absolute atomic E-state index is 11.6. The summed E-state index contributed by atoms with van der Waals surface area (Å²) in [7, 11) is 0. The van der Waals surface area contributed by atoms with Crippen LogP contribution >= 0.6 is 11.8 Å². The molecule has 2 aromatic rings. The smallest absolute Gasteiger partial charge is 0.230 e. The van der Waals surface area contributed by atoms with Crippen LogP contribution in [0.15, 0.2) is 41.8 Å². The molecule has 0 aliphatic rings. The summed E-state index contributed by atoms with van der Waals surface area (Å²) in [6, 6.07) is 9.96. The van der Waals surface area contributed by atoms with Crippen molar-refractivity contribution in [2.45, 2.75) is 25.0 Å². The second-order valence-electron chi connectivity index (χ2n) is 4.33. The Hall–Kier alpha value is -1.82. The van der Waals surface area contributed by atoms with Crippen molar-refractivity contribution in [3.63, 3.8) is 0 Å². The molecule has 0 aliphatic carbocycles. The first-order chi connectivity index (χ1) is 9.16. The van der Waals surface area contributed by atoms with Gasteiger partial charge < -0.3 is 5.32 Å². The fraction of sp³-hybridized carbons (Fsp3) is 0.308. The summed E-state index contributed by atoms with van der Waals surface area (Å²) in [6.45, 7) is 3.88. The SMILES string of the molecule is CC(C)NC(=O)CSc1nncn1-c1ccccc1. The minimum atomic E-state index is 0.00242. The zero-order chi connectivity index (χ0) is 13.7. The van der Waals surface area contributed by atoms with Crippen molar-refractivity contribution >= 4 is 17.7 Å². The van der Waals surface area contributed by atoms with E-state index in [9.17, 15) is 4.79 Å². The van der Waals surface area contributed by atoms with Gasteiger partial charge in [-0.3, -0.25) is 9.36 Å². The van der Waals surface area contributed by atoms with E-state index in [1.807, 2.05) is 48.7 Å². The molecule has 0 saturated carbocycles. The van der Waals surface area contributed by atoms with Gasteiger partial charge in [-0.25, -0.2) is 0 Å². The van der Waals surface area contributed by atoms with Crippen molar-refractivity contribution in [2.75, 3.05) is 5.75 Å². The lowest BCUT2D eigenvalue weighted by atomic mass is 10.3. The largest absolute Gasteiger partial charge is 0.353 e. The van der Waals surface area contributed by atoms with E-state index in [0.717, 1.165) is 5.69 Å². The third-order valence-electron chi connectivity index (χ3n) is 2.33. The van der Waals surface area contributed by atoms with E-state index in [-0.39, 0.29) is 11.9 Å². The molecule has 0 bridgehead atoms. The van der Waals surface area contributed by atoms with Gasteiger partial charge in [0, 0.05) is 11.7 Å². The number of thioether (sulfide) groups is 1. The second kappa shape index (κ2) is 6.38. The van der Waals surface area contributed by atoms with Gasteiger partial charge in [-0.2, -0.15) is 0 Å². The quantitative estimate of drug-likeness (QED) is 0.847. The minimum absolute atomic E-state index is 0.00242. The van der Waals surface area contributed by atoms with Crippen LogP contribution in [0.25, 0.3) is 5.69 Å². The third kappa shape index (κ3) is 3.82. The lowest BCUT2D eigenvalue weighted by Crippen LogP contribution is -2.31. The molecule has 5 nitrogen and oxygen atoms in total. The van der Waals surface area contributed by atoms with E-state index in [4.69, 9.17) is 0 Å². The molecule has 0 radical (unpaired) electrons. The lowest BCUT2D eigenvalue weighted by Gasteiger charge is -2.08. The highest BCUT2D eigenvalue weighted by Crippen LogP contribution is 2.18. The maximum atomic E-state index is 11.6. The van der Waals surface area contributed by atoms with Crippen molar-refractivity contribution in [1.82, 2.24) is 20.1 Å². The van der Waals surface area contributed by atoms with Crippen LogP contribution in [-0.4, -0.2) is 32.5 Å². The van der Waals surface area contributed by atoms with Gasteiger partial charge in [0.25, 0.3) is 0 Å². The van der Waals surface area contributed by atoms with E-state index in [1.54, 1.807) is 6.33 Å². The number of hydrogen-bond donors (Lipinski definition) is 1. The molecule has 0 atom stereocenters. The molecule has 1 amide bonds. The molecule has 0 unspecified atom stereocenters. The molecule has 6 heteroatoms. The van der Waals surface area contributed by atoms with Gasteiger partial charge in [0.2, 0.25) is 5.91 Å². The van der Waals surface area contributed by atoms with Crippen molar-refractivity contribution < 1.29 is 4.79 Å². The van der Waals surface area contributed by atoms with Crippen molar-refractivity contribution in [1.29, 1.82) is 0 Å². The van der Waals surface area contributed by atoms with Crippen LogP contribution < -0.4 is 5.32 Å². The van der Waals surface area contributed by atoms with E-state index in [1.165, 1.54) is 11.8 Å². The molecule has 2 rings (SSSR count). The Morgan fingerprint density at radius 2 is 2.11 bits per heavy atom. The topological polar surface area (TPSA) is 59.8 Å². The van der Waals surface area contributed by atoms with Gasteiger partial charge in [-0.1, -0.05) is 30.0 Å². The van der Waals surface area contributed by atoms with E-state index < -0.39 is 0 Å². The molecule has 0 spiro atoms. The molecule has 1 N–H and O–H groups in total. The van der Waals surface area contributed by atoms with E-state index in [2.05, 4.69) is 15.5 Å². The van der Waals surface area contributed by atoms with Crippen molar-refractivity contribution in [2.24, 2.45) is 0 Å². The van der Waals surface area contributed by atoms with Crippen LogP contribution in [0.5, 0.6) is 0 Å². The Labute approximate surface area is 116 Å². The van der Waals surface area contributed by atoms with Gasteiger partial charge in [0.15, 0.2) is 5.16 Å². The number of benzene rings is 1. The normalized spacial score (nSPS) is 10.7. The predicted octanol–water partition coefficient (Wildman–Crippen LogP) is 1.88. The zero-order valence-electron chi connectivity index (χ0n) is 10.9. The van der Waals surface area contributed by atoms with Crippen LogP contribution in [0.3, 0.4) is 0 Å². The summed E-state index contributed by atoms with van der Waals surface area (Å²) in [5.41, 5.74) is 0.985. The Kier molecular flexibility index (Phi) is 4.57. The summed E-state index contributed by atoms with van der Waals surface area (Å²) in [6.07, 6.45) is 1.65. The van der Waals surface area contributed by atoms with Crippen LogP contribution in [0.4, 0.5) is 0 Å². The first kappa shape index (κ1) is 13.6. The maximum Gasteiger partial charge on any atom is 0.230 e. The first-order valence-corrected chi connectivity index (χ1v) is 7.03. The summed E-state index contributed by atoms with van der Waals surface area (Å²) >= 11 is 1.38. The molecule has 1 heterocycles. The molecule has 0 fully saturated rings. The molecular formula is C13H16N4OS. The Balaban J connectivity index is 2.03. The van der Waals surface area contributed by atoms with Crippen LogP contribution in [-0.2, 0) is 4.79 Å². The van der Waals surface area contributed by atoms with Gasteiger partial charge >= 0.3 is 0 Å². The number of nitrogens with one attached hydrogen (secondary N) is 1. The number of nitrogens with zero attached hydrogens (tertiary/aromatic N) is 3. The fourth-order valence-corrected chi connectivity index (χ4v) is 2.32. The average Bonchev–Trinajstić information content (AvgIpc) is 2.85. The van der Waals surface area contributed by atoms with E-state index >= 15 is 0 Å². The first-order valence-electron chi connectivity index (χ1n) is 6.04. The Morgan fingerprint density at radius 1 is 1.37 bits per heavy atom. The van der Waals surface area contributed by atoms with Gasteiger partial charge in [0.05, 0.1) is 5.75 Å². The molecule has 100 valence electrons. The minimum Gasteiger partial charge on any atom is -0.353 e. The van der Waals surface area contributed by atoms with Crippen LogP contribution in [0.1, 0.15) is 13.8 Å². The highest BCUT2D eigenvalue weighted by atomic mass is 32.2. The van der Waals surface area contributed by atoms with Gasteiger partial charge in [-0.05, 0) is 26.0 Å². The number of para-hydroxylation sites is 1. The number of carbonyl (C=O) groups is 1. The monoisotopic (exact) mass is 276 g/mol. The fourth-order valence-electron chi connectivity index (χ4n) is 1.58. The number of hydrogen-bond acceptors (Lipinski definition) is 4. The summed E-state index contributed by atoms with van der Waals surface area (Å²) < 4.78 is 1.87.